The molecule has 0 aromatic carbocycles. The first-order chi connectivity index (χ1) is 8.63. The molecule has 4 nitrogen and oxygen atoms in total. The molecule has 0 radical (unpaired) electrons. The third kappa shape index (κ3) is 9.49. The van der Waals surface area contributed by atoms with E-state index >= 15 is 0 Å². The minimum Gasteiger partial charge on any atom is -0.381 e. The second kappa shape index (κ2) is 10.7. The van der Waals surface area contributed by atoms with Gasteiger partial charge in [-0.05, 0) is 38.0 Å². The minimum atomic E-state index is 0. The molecule has 19 heavy (non-hydrogen) atoms. The molecule has 1 fully saturated rings. The van der Waals surface area contributed by atoms with E-state index in [-0.39, 0.29) is 24.0 Å². The predicted octanol–water partition coefficient (Wildman–Crippen LogP) is 2.63. The van der Waals surface area contributed by atoms with Crippen molar-refractivity contribution in [2.24, 2.45) is 16.8 Å². The van der Waals surface area contributed by atoms with Crippen LogP contribution in [0.2, 0.25) is 0 Å². The van der Waals surface area contributed by atoms with Gasteiger partial charge < -0.3 is 15.4 Å². The van der Waals surface area contributed by atoms with Crippen molar-refractivity contribution in [2.45, 2.75) is 46.1 Å². The highest BCUT2D eigenvalue weighted by Crippen LogP contribution is 2.28. The van der Waals surface area contributed by atoms with Crippen LogP contribution in [0.4, 0.5) is 0 Å². The standard InChI is InChI=1S/C14H29N3O.HI/c1-11(2)12(3)17-14(15-4)16-8-5-9-18-10-13-6-7-13;/h11-13H,5-10H2,1-4H3,(H2,15,16,17);1H. The van der Waals surface area contributed by atoms with E-state index in [9.17, 15) is 0 Å². The molecular formula is C14H30IN3O. The summed E-state index contributed by atoms with van der Waals surface area (Å²) in [5.74, 6) is 2.35. The number of nitrogens with one attached hydrogen (secondary N) is 2. The quantitative estimate of drug-likeness (QED) is 0.293. The first kappa shape index (κ1) is 19.0. The molecule has 1 unspecified atom stereocenters. The molecule has 1 aliphatic rings. The maximum Gasteiger partial charge on any atom is 0.191 e. The third-order valence-corrected chi connectivity index (χ3v) is 3.40. The molecule has 0 heterocycles. The van der Waals surface area contributed by atoms with Gasteiger partial charge >= 0.3 is 0 Å². The van der Waals surface area contributed by atoms with Gasteiger partial charge in [0.2, 0.25) is 0 Å². The summed E-state index contributed by atoms with van der Waals surface area (Å²) in [6, 6.07) is 0.433. The molecule has 1 aliphatic carbocycles. The molecule has 114 valence electrons. The molecule has 5 heteroatoms. The van der Waals surface area contributed by atoms with Gasteiger partial charge in [0.15, 0.2) is 5.96 Å². The maximum absolute atomic E-state index is 5.59. The summed E-state index contributed by atoms with van der Waals surface area (Å²) in [4.78, 5) is 4.22. The van der Waals surface area contributed by atoms with Crippen molar-refractivity contribution in [3.05, 3.63) is 0 Å². The Morgan fingerprint density at radius 3 is 2.53 bits per heavy atom. The average molecular weight is 383 g/mol. The summed E-state index contributed by atoms with van der Waals surface area (Å²) in [5, 5.41) is 6.70. The zero-order chi connectivity index (χ0) is 13.4. The molecule has 0 aliphatic heterocycles. The molecule has 1 rings (SSSR count). The van der Waals surface area contributed by atoms with Crippen LogP contribution < -0.4 is 10.6 Å². The molecule has 0 saturated heterocycles. The van der Waals surface area contributed by atoms with Gasteiger partial charge in [-0.2, -0.15) is 0 Å². The van der Waals surface area contributed by atoms with Crippen molar-refractivity contribution in [3.63, 3.8) is 0 Å². The van der Waals surface area contributed by atoms with E-state index < -0.39 is 0 Å². The Bertz CT molecular complexity index is 255. The first-order valence-electron chi connectivity index (χ1n) is 7.18. The van der Waals surface area contributed by atoms with Gasteiger partial charge in [-0.25, -0.2) is 0 Å². The Labute approximate surface area is 135 Å². The van der Waals surface area contributed by atoms with E-state index in [4.69, 9.17) is 4.74 Å². The average Bonchev–Trinajstić information content (AvgIpc) is 3.15. The second-order valence-corrected chi connectivity index (χ2v) is 5.55. The molecule has 1 saturated carbocycles. The lowest BCUT2D eigenvalue weighted by atomic mass is 10.1. The zero-order valence-electron chi connectivity index (χ0n) is 12.7. The maximum atomic E-state index is 5.59. The molecule has 0 amide bonds. The van der Waals surface area contributed by atoms with Gasteiger partial charge in [0.25, 0.3) is 0 Å². The third-order valence-electron chi connectivity index (χ3n) is 3.40. The molecule has 0 bridgehead atoms. The minimum absolute atomic E-state index is 0. The van der Waals surface area contributed by atoms with Gasteiger partial charge in [0.05, 0.1) is 0 Å². The normalized spacial score (nSPS) is 17.0. The van der Waals surface area contributed by atoms with Crippen molar-refractivity contribution in [2.75, 3.05) is 26.8 Å². The van der Waals surface area contributed by atoms with E-state index in [1.165, 1.54) is 12.8 Å². The van der Waals surface area contributed by atoms with Crippen molar-refractivity contribution < 1.29 is 4.74 Å². The summed E-state index contributed by atoms with van der Waals surface area (Å²) >= 11 is 0. The van der Waals surface area contributed by atoms with Crippen LogP contribution in [0, 0.1) is 11.8 Å². The van der Waals surface area contributed by atoms with Crippen LogP contribution in [0.3, 0.4) is 0 Å². The van der Waals surface area contributed by atoms with E-state index in [2.05, 4.69) is 36.4 Å². The Balaban J connectivity index is 0.00000324. The number of nitrogens with zero attached hydrogens (tertiary/aromatic N) is 1. The SMILES string of the molecule is CN=C(NCCCOCC1CC1)NC(C)C(C)C.I. The van der Waals surface area contributed by atoms with Crippen LogP contribution in [0.5, 0.6) is 0 Å². The largest absolute Gasteiger partial charge is 0.381 e. The highest BCUT2D eigenvalue weighted by atomic mass is 127. The van der Waals surface area contributed by atoms with E-state index in [1.807, 2.05) is 7.05 Å². The smallest absolute Gasteiger partial charge is 0.191 e. The lowest BCUT2D eigenvalue weighted by Crippen LogP contribution is -2.44. The van der Waals surface area contributed by atoms with E-state index in [1.54, 1.807) is 0 Å². The fourth-order valence-electron chi connectivity index (χ4n) is 1.49. The van der Waals surface area contributed by atoms with E-state index in [0.717, 1.165) is 38.1 Å². The van der Waals surface area contributed by atoms with Crippen LogP contribution in [0.25, 0.3) is 0 Å². The number of hydrogen-bond donors (Lipinski definition) is 2. The van der Waals surface area contributed by atoms with Gasteiger partial charge in [-0.1, -0.05) is 13.8 Å². The summed E-state index contributed by atoms with van der Waals surface area (Å²) in [7, 11) is 1.81. The summed E-state index contributed by atoms with van der Waals surface area (Å²) in [6.45, 7) is 9.30. The van der Waals surface area contributed by atoms with Crippen molar-refractivity contribution in [1.29, 1.82) is 0 Å². The Hall–Kier alpha value is -0.0400. The monoisotopic (exact) mass is 383 g/mol. The number of guanidine groups is 1. The van der Waals surface area contributed by atoms with Gasteiger partial charge in [0, 0.05) is 32.8 Å². The van der Waals surface area contributed by atoms with Gasteiger partial charge in [0.1, 0.15) is 0 Å². The summed E-state index contributed by atoms with van der Waals surface area (Å²) in [6.07, 6.45) is 3.76. The van der Waals surface area contributed by atoms with Crippen LogP contribution in [-0.2, 0) is 4.74 Å². The van der Waals surface area contributed by atoms with Crippen LogP contribution >= 0.6 is 24.0 Å². The molecule has 1 atom stereocenters. The molecule has 0 aromatic rings. The zero-order valence-corrected chi connectivity index (χ0v) is 15.1. The van der Waals surface area contributed by atoms with Crippen molar-refractivity contribution in [1.82, 2.24) is 10.6 Å². The highest BCUT2D eigenvalue weighted by Gasteiger charge is 2.20. The molecule has 2 N–H and O–H groups in total. The van der Waals surface area contributed by atoms with E-state index in [0.29, 0.717) is 12.0 Å². The highest BCUT2D eigenvalue weighted by molar-refractivity contribution is 14.0. The first-order valence-corrected chi connectivity index (χ1v) is 7.18. The Morgan fingerprint density at radius 1 is 1.32 bits per heavy atom. The molecular weight excluding hydrogens is 353 g/mol. The fraction of sp³-hybridized carbons (Fsp3) is 0.929. The summed E-state index contributed by atoms with van der Waals surface area (Å²) in [5.41, 5.74) is 0. The molecule has 0 spiro atoms. The number of rotatable bonds is 8. The van der Waals surface area contributed by atoms with Crippen LogP contribution in [0.15, 0.2) is 4.99 Å². The van der Waals surface area contributed by atoms with Crippen molar-refractivity contribution >= 4 is 29.9 Å². The van der Waals surface area contributed by atoms with Crippen LogP contribution in [-0.4, -0.2) is 38.8 Å². The number of aliphatic imine (C=N–C) groups is 1. The number of halogens is 1. The number of hydrogen-bond acceptors (Lipinski definition) is 2. The lowest BCUT2D eigenvalue weighted by Gasteiger charge is -2.20. The Morgan fingerprint density at radius 2 is 2.00 bits per heavy atom. The predicted molar refractivity (Wildman–Crippen MR) is 92.4 cm³/mol. The molecule has 0 aromatic heterocycles. The topological polar surface area (TPSA) is 45.7 Å². The van der Waals surface area contributed by atoms with Gasteiger partial charge in [-0.3, -0.25) is 4.99 Å². The van der Waals surface area contributed by atoms with Crippen molar-refractivity contribution in [3.8, 4) is 0 Å². The lowest BCUT2D eigenvalue weighted by molar-refractivity contribution is 0.123. The van der Waals surface area contributed by atoms with Crippen LogP contribution in [0.1, 0.15) is 40.0 Å². The fourth-order valence-corrected chi connectivity index (χ4v) is 1.49. The number of ether oxygens (including phenoxy) is 1. The Kier molecular flexibility index (Phi) is 10.7. The van der Waals surface area contributed by atoms with Gasteiger partial charge in [-0.15, -0.1) is 24.0 Å². The second-order valence-electron chi connectivity index (χ2n) is 5.55. The summed E-state index contributed by atoms with van der Waals surface area (Å²) < 4.78 is 5.59.